The Bertz CT molecular complexity index is 1180. The number of ketones is 1. The number of nitrogens with one attached hydrogen (secondary N) is 1. The summed E-state index contributed by atoms with van der Waals surface area (Å²) >= 11 is 0. The maximum Gasteiger partial charge on any atom is 0.267 e. The number of carbonyl (C=O) groups excluding carboxylic acids is 3. The SMILES string of the molecule is CC1Oc2ccc(C(=O)CCC(=O)Nc3ccc(Cc4ccncc4)cc3)cc2N(C)C1=O. The van der Waals surface area contributed by atoms with E-state index in [4.69, 9.17) is 4.74 Å². The van der Waals surface area contributed by atoms with Crippen molar-refractivity contribution in [2.75, 3.05) is 17.3 Å². The summed E-state index contributed by atoms with van der Waals surface area (Å²) < 4.78 is 5.59. The summed E-state index contributed by atoms with van der Waals surface area (Å²) in [6, 6.07) is 16.6. The number of benzene rings is 2. The Hall–Kier alpha value is -4.00. The van der Waals surface area contributed by atoms with Gasteiger partial charge in [0.2, 0.25) is 5.91 Å². The second kappa shape index (κ2) is 9.65. The molecule has 0 spiro atoms. The van der Waals surface area contributed by atoms with Crippen molar-refractivity contribution in [2.45, 2.75) is 32.3 Å². The van der Waals surface area contributed by atoms with Gasteiger partial charge in [-0.1, -0.05) is 12.1 Å². The Morgan fingerprint density at radius 1 is 1.00 bits per heavy atom. The van der Waals surface area contributed by atoms with Crippen molar-refractivity contribution >= 4 is 29.0 Å². The molecule has 1 aliphatic rings. The van der Waals surface area contributed by atoms with Gasteiger partial charge in [-0.2, -0.15) is 0 Å². The van der Waals surface area contributed by atoms with Crippen LogP contribution in [-0.4, -0.2) is 35.7 Å². The molecule has 0 saturated heterocycles. The van der Waals surface area contributed by atoms with Gasteiger partial charge in [-0.25, -0.2) is 0 Å². The van der Waals surface area contributed by atoms with E-state index in [9.17, 15) is 14.4 Å². The lowest BCUT2D eigenvalue weighted by molar-refractivity contribution is -0.125. The lowest BCUT2D eigenvalue weighted by atomic mass is 10.0. The van der Waals surface area contributed by atoms with Gasteiger partial charge in [-0.3, -0.25) is 19.4 Å². The Labute approximate surface area is 192 Å². The van der Waals surface area contributed by atoms with Gasteiger partial charge in [-0.15, -0.1) is 0 Å². The molecule has 2 aromatic carbocycles. The summed E-state index contributed by atoms with van der Waals surface area (Å²) in [4.78, 5) is 42.6. The number of ether oxygens (including phenoxy) is 1. The van der Waals surface area contributed by atoms with E-state index in [1.807, 2.05) is 36.4 Å². The van der Waals surface area contributed by atoms with Gasteiger partial charge in [0, 0.05) is 43.5 Å². The Morgan fingerprint density at radius 3 is 2.42 bits per heavy atom. The van der Waals surface area contributed by atoms with Gasteiger partial charge in [-0.05, 0) is 66.9 Å². The number of pyridine rings is 1. The standard InChI is InChI=1S/C26H25N3O4/c1-17-26(32)29(2)22-16-20(5-9-24(22)33-17)23(30)8-10-25(31)28-21-6-3-18(4-7-21)15-19-11-13-27-14-12-19/h3-7,9,11-14,16-17H,8,10,15H2,1-2H3,(H,28,31). The number of hydrogen-bond donors (Lipinski definition) is 1. The minimum absolute atomic E-state index is 0.0665. The zero-order chi connectivity index (χ0) is 23.4. The molecule has 1 aromatic heterocycles. The van der Waals surface area contributed by atoms with Crippen LogP contribution in [-0.2, 0) is 16.0 Å². The summed E-state index contributed by atoms with van der Waals surface area (Å²) in [5.41, 5.74) is 3.98. The molecule has 7 nitrogen and oxygen atoms in total. The topological polar surface area (TPSA) is 88.6 Å². The van der Waals surface area contributed by atoms with Crippen LogP contribution in [0.2, 0.25) is 0 Å². The van der Waals surface area contributed by atoms with Gasteiger partial charge >= 0.3 is 0 Å². The fourth-order valence-electron chi connectivity index (χ4n) is 3.72. The van der Waals surface area contributed by atoms with Gasteiger partial charge in [0.05, 0.1) is 5.69 Å². The number of fused-ring (bicyclic) bond motifs is 1. The van der Waals surface area contributed by atoms with E-state index >= 15 is 0 Å². The van der Waals surface area contributed by atoms with Crippen LogP contribution in [0.4, 0.5) is 11.4 Å². The number of rotatable bonds is 7. The van der Waals surface area contributed by atoms with E-state index in [-0.39, 0.29) is 30.4 Å². The minimum Gasteiger partial charge on any atom is -0.479 e. The quantitative estimate of drug-likeness (QED) is 0.557. The Morgan fingerprint density at radius 2 is 1.70 bits per heavy atom. The van der Waals surface area contributed by atoms with Gasteiger partial charge in [0.1, 0.15) is 5.75 Å². The molecule has 1 atom stereocenters. The highest BCUT2D eigenvalue weighted by Crippen LogP contribution is 2.34. The van der Waals surface area contributed by atoms with Crippen molar-refractivity contribution in [3.05, 3.63) is 83.7 Å². The van der Waals surface area contributed by atoms with Crippen molar-refractivity contribution in [1.29, 1.82) is 0 Å². The predicted molar refractivity (Wildman–Crippen MR) is 126 cm³/mol. The molecular weight excluding hydrogens is 418 g/mol. The molecule has 0 bridgehead atoms. The van der Waals surface area contributed by atoms with Crippen molar-refractivity contribution in [3.63, 3.8) is 0 Å². The Balaban J connectivity index is 1.31. The molecule has 0 fully saturated rings. The van der Waals surface area contributed by atoms with Crippen LogP contribution < -0.4 is 15.0 Å². The van der Waals surface area contributed by atoms with E-state index in [0.717, 1.165) is 12.0 Å². The average Bonchev–Trinajstić information content (AvgIpc) is 2.83. The fraction of sp³-hybridized carbons (Fsp3) is 0.231. The normalized spacial score (nSPS) is 14.9. The summed E-state index contributed by atoms with van der Waals surface area (Å²) in [6.07, 6.45) is 3.90. The van der Waals surface area contributed by atoms with Crippen LogP contribution in [0.5, 0.6) is 5.75 Å². The molecule has 33 heavy (non-hydrogen) atoms. The molecule has 4 rings (SSSR count). The molecule has 168 valence electrons. The summed E-state index contributed by atoms with van der Waals surface area (Å²) in [5, 5.41) is 2.83. The van der Waals surface area contributed by atoms with Crippen molar-refractivity contribution in [3.8, 4) is 5.75 Å². The number of nitrogens with zero attached hydrogens (tertiary/aromatic N) is 2. The fourth-order valence-corrected chi connectivity index (χ4v) is 3.72. The van der Waals surface area contributed by atoms with Crippen LogP contribution in [0.25, 0.3) is 0 Å². The van der Waals surface area contributed by atoms with E-state index < -0.39 is 6.10 Å². The van der Waals surface area contributed by atoms with E-state index in [0.29, 0.717) is 22.7 Å². The number of likely N-dealkylation sites (N-methyl/N-ethyl adjacent to an activating group) is 1. The van der Waals surface area contributed by atoms with E-state index in [1.54, 1.807) is 44.6 Å². The number of hydrogen-bond acceptors (Lipinski definition) is 5. The number of Topliss-reactive ketones (excluding diaryl/α,β-unsaturated/α-hetero) is 1. The first-order chi connectivity index (χ1) is 15.9. The highest BCUT2D eigenvalue weighted by molar-refractivity contribution is 6.04. The first kappa shape index (κ1) is 22.2. The monoisotopic (exact) mass is 443 g/mol. The van der Waals surface area contributed by atoms with Gasteiger partial charge < -0.3 is 15.0 Å². The number of anilines is 2. The maximum absolute atomic E-state index is 12.6. The molecular formula is C26H25N3O4. The van der Waals surface area contributed by atoms with Crippen molar-refractivity contribution in [2.24, 2.45) is 0 Å². The molecule has 2 heterocycles. The minimum atomic E-state index is -0.558. The second-order valence-corrected chi connectivity index (χ2v) is 8.04. The zero-order valence-electron chi connectivity index (χ0n) is 18.6. The lowest BCUT2D eigenvalue weighted by Crippen LogP contribution is -2.42. The maximum atomic E-state index is 12.6. The van der Waals surface area contributed by atoms with E-state index in [2.05, 4.69) is 10.3 Å². The second-order valence-electron chi connectivity index (χ2n) is 8.04. The number of aromatic nitrogens is 1. The van der Waals surface area contributed by atoms with Crippen molar-refractivity contribution < 1.29 is 19.1 Å². The van der Waals surface area contributed by atoms with Gasteiger partial charge in [0.25, 0.3) is 5.91 Å². The molecule has 0 radical (unpaired) electrons. The van der Waals surface area contributed by atoms with Gasteiger partial charge in [0.15, 0.2) is 11.9 Å². The largest absolute Gasteiger partial charge is 0.479 e. The highest BCUT2D eigenvalue weighted by atomic mass is 16.5. The molecule has 3 aromatic rings. The molecule has 0 saturated carbocycles. The van der Waals surface area contributed by atoms with Crippen molar-refractivity contribution in [1.82, 2.24) is 4.98 Å². The molecule has 0 aliphatic carbocycles. The van der Waals surface area contributed by atoms with E-state index in [1.165, 1.54) is 10.5 Å². The zero-order valence-corrected chi connectivity index (χ0v) is 18.6. The molecule has 1 unspecified atom stereocenters. The summed E-state index contributed by atoms with van der Waals surface area (Å²) in [6.45, 7) is 1.69. The number of carbonyl (C=O) groups is 3. The van der Waals surface area contributed by atoms with Crippen LogP contribution in [0.1, 0.15) is 41.3 Å². The first-order valence-electron chi connectivity index (χ1n) is 10.8. The van der Waals surface area contributed by atoms with Crippen LogP contribution in [0.15, 0.2) is 67.0 Å². The summed E-state index contributed by atoms with van der Waals surface area (Å²) in [5.74, 6) is -0.00249. The van der Waals surface area contributed by atoms with Crippen LogP contribution >= 0.6 is 0 Å². The molecule has 2 amide bonds. The van der Waals surface area contributed by atoms with Crippen LogP contribution in [0, 0.1) is 0 Å². The smallest absolute Gasteiger partial charge is 0.267 e. The highest BCUT2D eigenvalue weighted by Gasteiger charge is 2.29. The molecule has 7 heteroatoms. The average molecular weight is 444 g/mol. The molecule has 1 aliphatic heterocycles. The van der Waals surface area contributed by atoms with Crippen LogP contribution in [0.3, 0.4) is 0 Å². The Kier molecular flexibility index (Phi) is 6.49. The summed E-state index contributed by atoms with van der Waals surface area (Å²) in [7, 11) is 1.66. The first-order valence-corrected chi connectivity index (χ1v) is 10.8. The third kappa shape index (κ3) is 5.26. The third-order valence-corrected chi connectivity index (χ3v) is 5.60. The predicted octanol–water partition coefficient (Wildman–Crippen LogP) is 4.02. The molecule has 1 N–H and O–H groups in total. The third-order valence-electron chi connectivity index (χ3n) is 5.60. The number of amides is 2. The lowest BCUT2D eigenvalue weighted by Gasteiger charge is -2.30.